The Bertz CT molecular complexity index is 522. The molecule has 0 bridgehead atoms. The smallest absolute Gasteiger partial charge is 0.119 e. The third-order valence-corrected chi connectivity index (χ3v) is 7.02. The van der Waals surface area contributed by atoms with Gasteiger partial charge >= 0.3 is 0 Å². The number of halogens is 1. The maximum Gasteiger partial charge on any atom is 0.119 e. The quantitative estimate of drug-likeness (QED) is 0.334. The van der Waals surface area contributed by atoms with Gasteiger partial charge in [0.05, 0.1) is 6.61 Å². The number of unbranched alkanes of at least 4 members (excludes halogenated alkanes) is 1. The number of benzene rings is 1. The van der Waals surface area contributed by atoms with Crippen LogP contribution in [0.15, 0.2) is 36.9 Å². The van der Waals surface area contributed by atoms with Crippen molar-refractivity contribution in [1.82, 2.24) is 0 Å². The molecule has 26 heavy (non-hydrogen) atoms. The first-order chi connectivity index (χ1) is 12.7. The van der Waals surface area contributed by atoms with Crippen molar-refractivity contribution in [3.8, 4) is 5.75 Å². The Balaban J connectivity index is 1.32. The topological polar surface area (TPSA) is 9.23 Å². The van der Waals surface area contributed by atoms with E-state index in [9.17, 15) is 0 Å². The molecule has 1 aromatic carbocycles. The highest BCUT2D eigenvalue weighted by atomic mass is 35.5. The number of ether oxygens (including phenoxy) is 1. The minimum atomic E-state index is 0.733. The van der Waals surface area contributed by atoms with Crippen LogP contribution in [0.3, 0.4) is 0 Å². The second-order valence-corrected chi connectivity index (χ2v) is 8.98. The van der Waals surface area contributed by atoms with E-state index in [4.69, 9.17) is 16.3 Å². The maximum atomic E-state index is 5.98. The highest BCUT2D eigenvalue weighted by Gasteiger charge is 2.30. The predicted octanol–water partition coefficient (Wildman–Crippen LogP) is 7.69. The van der Waals surface area contributed by atoms with Crippen molar-refractivity contribution in [2.75, 3.05) is 6.61 Å². The standard InChI is InChI=1S/C24H35ClO/c1-2-3-4-5-19-6-10-21(11-7-19)22-12-8-20(9-13-22)18-26-24-16-14-23(25)15-17-24/h2,14-17,19-22H,1,3-13,18H2/t19-,20?,21-,22?. The second-order valence-electron chi connectivity index (χ2n) is 8.55. The molecule has 0 atom stereocenters. The minimum Gasteiger partial charge on any atom is -0.493 e. The van der Waals surface area contributed by atoms with E-state index in [1.165, 1.54) is 70.6 Å². The summed E-state index contributed by atoms with van der Waals surface area (Å²) in [4.78, 5) is 0. The Morgan fingerprint density at radius 3 is 2.04 bits per heavy atom. The van der Waals surface area contributed by atoms with Crippen molar-refractivity contribution in [2.24, 2.45) is 23.7 Å². The molecule has 0 radical (unpaired) electrons. The maximum absolute atomic E-state index is 5.98. The summed E-state index contributed by atoms with van der Waals surface area (Å²) in [5.74, 6) is 4.67. The zero-order chi connectivity index (χ0) is 18.2. The first kappa shape index (κ1) is 19.8. The molecular weight excluding hydrogens is 340 g/mol. The van der Waals surface area contributed by atoms with Gasteiger partial charge in [0.15, 0.2) is 0 Å². The van der Waals surface area contributed by atoms with Gasteiger partial charge in [0.1, 0.15) is 5.75 Å². The largest absolute Gasteiger partial charge is 0.493 e. The van der Waals surface area contributed by atoms with Crippen LogP contribution in [0.25, 0.3) is 0 Å². The van der Waals surface area contributed by atoms with E-state index in [2.05, 4.69) is 12.7 Å². The van der Waals surface area contributed by atoms with Crippen LogP contribution in [0, 0.1) is 23.7 Å². The highest BCUT2D eigenvalue weighted by molar-refractivity contribution is 6.30. The predicted molar refractivity (Wildman–Crippen MR) is 112 cm³/mol. The Labute approximate surface area is 165 Å². The van der Waals surface area contributed by atoms with Crippen molar-refractivity contribution in [1.29, 1.82) is 0 Å². The summed E-state index contributed by atoms with van der Waals surface area (Å²) in [7, 11) is 0. The van der Waals surface area contributed by atoms with Crippen LogP contribution in [-0.4, -0.2) is 6.61 Å². The van der Waals surface area contributed by atoms with Gasteiger partial charge in [0, 0.05) is 5.02 Å². The molecule has 1 aromatic rings. The van der Waals surface area contributed by atoms with E-state index in [-0.39, 0.29) is 0 Å². The molecular formula is C24H35ClO. The highest BCUT2D eigenvalue weighted by Crippen LogP contribution is 2.42. The summed E-state index contributed by atoms with van der Waals surface area (Å²) < 4.78 is 5.98. The van der Waals surface area contributed by atoms with Crippen LogP contribution in [-0.2, 0) is 0 Å². The number of allylic oxidation sites excluding steroid dienone is 1. The molecule has 2 aliphatic rings. The Hall–Kier alpha value is -0.950. The molecule has 2 heteroatoms. The summed E-state index contributed by atoms with van der Waals surface area (Å²) in [5, 5.41) is 0.772. The van der Waals surface area contributed by atoms with E-state index >= 15 is 0 Å². The fraction of sp³-hybridized carbons (Fsp3) is 0.667. The normalized spacial score (nSPS) is 29.3. The second kappa shape index (κ2) is 10.4. The zero-order valence-electron chi connectivity index (χ0n) is 16.2. The molecule has 1 nitrogen and oxygen atoms in total. The Kier molecular flexibility index (Phi) is 7.92. The van der Waals surface area contributed by atoms with Gasteiger partial charge in [-0.25, -0.2) is 0 Å². The average Bonchev–Trinajstić information content (AvgIpc) is 2.69. The van der Waals surface area contributed by atoms with E-state index < -0.39 is 0 Å². The molecule has 0 amide bonds. The lowest BCUT2D eigenvalue weighted by atomic mass is 9.69. The minimum absolute atomic E-state index is 0.733. The van der Waals surface area contributed by atoms with Gasteiger partial charge < -0.3 is 4.74 Å². The molecule has 0 saturated heterocycles. The summed E-state index contributed by atoms with van der Waals surface area (Å²) >= 11 is 5.93. The van der Waals surface area contributed by atoms with E-state index in [1.807, 2.05) is 24.3 Å². The molecule has 3 rings (SSSR count). The molecule has 0 aromatic heterocycles. The third-order valence-electron chi connectivity index (χ3n) is 6.77. The summed E-state index contributed by atoms with van der Waals surface area (Å²) in [6, 6.07) is 7.76. The molecule has 0 heterocycles. The fourth-order valence-corrected chi connectivity index (χ4v) is 5.20. The molecule has 2 aliphatic carbocycles. The number of hydrogen-bond acceptors (Lipinski definition) is 1. The van der Waals surface area contributed by atoms with Gasteiger partial charge in [0.2, 0.25) is 0 Å². The van der Waals surface area contributed by atoms with Gasteiger partial charge in [-0.3, -0.25) is 0 Å². The van der Waals surface area contributed by atoms with Crippen LogP contribution < -0.4 is 4.74 Å². The SMILES string of the molecule is C=CCCC[C@H]1CC[C@H](C2CCC(COc3ccc(Cl)cc3)CC2)CC1. The van der Waals surface area contributed by atoms with Crippen LogP contribution >= 0.6 is 11.6 Å². The molecule has 2 fully saturated rings. The van der Waals surface area contributed by atoms with Crippen molar-refractivity contribution < 1.29 is 4.74 Å². The fourth-order valence-electron chi connectivity index (χ4n) is 5.07. The van der Waals surface area contributed by atoms with Crippen molar-refractivity contribution in [2.45, 2.75) is 70.6 Å². The lowest BCUT2D eigenvalue weighted by Gasteiger charge is -2.37. The van der Waals surface area contributed by atoms with Gasteiger partial charge in [-0.2, -0.15) is 0 Å². The summed E-state index contributed by atoms with van der Waals surface area (Å²) in [6.45, 7) is 4.71. The van der Waals surface area contributed by atoms with E-state index in [0.717, 1.165) is 41.1 Å². The Morgan fingerprint density at radius 2 is 1.46 bits per heavy atom. The van der Waals surface area contributed by atoms with Crippen LogP contribution in [0.1, 0.15) is 70.6 Å². The number of hydrogen-bond donors (Lipinski definition) is 0. The van der Waals surface area contributed by atoms with Crippen molar-refractivity contribution in [3.63, 3.8) is 0 Å². The van der Waals surface area contributed by atoms with Crippen molar-refractivity contribution >= 4 is 11.6 Å². The van der Waals surface area contributed by atoms with Gasteiger partial charge in [-0.1, -0.05) is 36.9 Å². The third kappa shape index (κ3) is 6.05. The first-order valence-electron chi connectivity index (χ1n) is 10.7. The van der Waals surface area contributed by atoms with Crippen LogP contribution in [0.5, 0.6) is 5.75 Å². The van der Waals surface area contributed by atoms with Gasteiger partial charge in [-0.05, 0) is 99.3 Å². The van der Waals surface area contributed by atoms with Gasteiger partial charge in [-0.15, -0.1) is 6.58 Å². The zero-order valence-corrected chi connectivity index (χ0v) is 16.9. The molecule has 0 unspecified atom stereocenters. The summed E-state index contributed by atoms with van der Waals surface area (Å²) in [6.07, 6.45) is 17.5. The van der Waals surface area contributed by atoms with E-state index in [1.54, 1.807) is 0 Å². The molecule has 144 valence electrons. The molecule has 0 N–H and O–H groups in total. The lowest BCUT2D eigenvalue weighted by Crippen LogP contribution is -2.27. The van der Waals surface area contributed by atoms with Crippen molar-refractivity contribution in [3.05, 3.63) is 41.9 Å². The average molecular weight is 375 g/mol. The van der Waals surface area contributed by atoms with Gasteiger partial charge in [0.25, 0.3) is 0 Å². The number of rotatable bonds is 8. The molecule has 2 saturated carbocycles. The van der Waals surface area contributed by atoms with Crippen LogP contribution in [0.2, 0.25) is 5.02 Å². The first-order valence-corrected chi connectivity index (χ1v) is 11.1. The monoisotopic (exact) mass is 374 g/mol. The molecule has 0 aliphatic heterocycles. The lowest BCUT2D eigenvalue weighted by molar-refractivity contribution is 0.121. The van der Waals surface area contributed by atoms with Crippen LogP contribution in [0.4, 0.5) is 0 Å². The Morgan fingerprint density at radius 1 is 0.885 bits per heavy atom. The molecule has 0 spiro atoms. The van der Waals surface area contributed by atoms with E-state index in [0.29, 0.717) is 0 Å². The summed E-state index contributed by atoms with van der Waals surface area (Å²) in [5.41, 5.74) is 0.